The molecule has 0 N–H and O–H groups in total. The van der Waals surface area contributed by atoms with Gasteiger partial charge < -0.3 is 0 Å². The molecular formula is C16H15ClN2S. The molecule has 0 spiro atoms. The molecule has 102 valence electrons. The SMILES string of the molecule is CC(C)(C)c1cc2cc(-c3nccs3)ccc2nc1Cl. The highest BCUT2D eigenvalue weighted by Crippen LogP contribution is 2.32. The number of benzene rings is 1. The van der Waals surface area contributed by atoms with Crippen LogP contribution in [-0.2, 0) is 5.41 Å². The first kappa shape index (κ1) is 13.5. The Morgan fingerprint density at radius 2 is 1.95 bits per heavy atom. The Bertz CT molecular complexity index is 758. The van der Waals surface area contributed by atoms with Gasteiger partial charge in [0.15, 0.2) is 0 Å². The first-order valence-corrected chi connectivity index (χ1v) is 7.71. The molecule has 0 amide bonds. The first-order chi connectivity index (χ1) is 9.45. The third kappa shape index (κ3) is 2.43. The number of nitrogens with zero attached hydrogens (tertiary/aromatic N) is 2. The van der Waals surface area contributed by atoms with Crippen LogP contribution in [0.1, 0.15) is 26.3 Å². The summed E-state index contributed by atoms with van der Waals surface area (Å²) < 4.78 is 0. The van der Waals surface area contributed by atoms with Gasteiger partial charge in [0, 0.05) is 22.5 Å². The normalized spacial score (nSPS) is 12.0. The van der Waals surface area contributed by atoms with E-state index in [0.717, 1.165) is 27.0 Å². The minimum absolute atomic E-state index is 0.0184. The highest BCUT2D eigenvalue weighted by molar-refractivity contribution is 7.13. The van der Waals surface area contributed by atoms with Crippen LogP contribution in [-0.4, -0.2) is 9.97 Å². The van der Waals surface area contributed by atoms with Gasteiger partial charge in [-0.2, -0.15) is 0 Å². The van der Waals surface area contributed by atoms with Crippen molar-refractivity contribution in [3.8, 4) is 10.6 Å². The van der Waals surface area contributed by atoms with Gasteiger partial charge in [0.1, 0.15) is 10.2 Å². The van der Waals surface area contributed by atoms with Gasteiger partial charge in [-0.3, -0.25) is 0 Å². The molecule has 3 rings (SSSR count). The van der Waals surface area contributed by atoms with E-state index in [4.69, 9.17) is 11.6 Å². The Balaban J connectivity index is 2.21. The number of rotatable bonds is 1. The smallest absolute Gasteiger partial charge is 0.133 e. The van der Waals surface area contributed by atoms with Crippen LogP contribution in [0.25, 0.3) is 21.5 Å². The number of thiazole rings is 1. The van der Waals surface area contributed by atoms with Gasteiger partial charge >= 0.3 is 0 Å². The van der Waals surface area contributed by atoms with Crippen molar-refractivity contribution in [3.63, 3.8) is 0 Å². The molecule has 1 aromatic carbocycles. The largest absolute Gasteiger partial charge is 0.245 e. The number of aromatic nitrogens is 2. The molecule has 0 fully saturated rings. The van der Waals surface area contributed by atoms with Crippen molar-refractivity contribution in [1.82, 2.24) is 9.97 Å². The summed E-state index contributed by atoms with van der Waals surface area (Å²) in [4.78, 5) is 8.87. The molecular weight excluding hydrogens is 288 g/mol. The van der Waals surface area contributed by atoms with E-state index in [1.807, 2.05) is 23.7 Å². The van der Waals surface area contributed by atoms with E-state index in [9.17, 15) is 0 Å². The fourth-order valence-electron chi connectivity index (χ4n) is 2.18. The maximum Gasteiger partial charge on any atom is 0.133 e. The van der Waals surface area contributed by atoms with Gasteiger partial charge in [-0.05, 0) is 35.2 Å². The van der Waals surface area contributed by atoms with Crippen LogP contribution >= 0.6 is 22.9 Å². The van der Waals surface area contributed by atoms with Gasteiger partial charge in [-0.25, -0.2) is 9.97 Å². The lowest BCUT2D eigenvalue weighted by Gasteiger charge is -2.20. The second-order valence-electron chi connectivity index (χ2n) is 5.82. The Labute approximate surface area is 127 Å². The predicted molar refractivity (Wildman–Crippen MR) is 86.6 cm³/mol. The van der Waals surface area contributed by atoms with Crippen LogP contribution in [0, 0.1) is 0 Å². The molecule has 0 saturated carbocycles. The average molecular weight is 303 g/mol. The van der Waals surface area contributed by atoms with E-state index in [0.29, 0.717) is 5.15 Å². The number of halogens is 1. The van der Waals surface area contributed by atoms with Crippen LogP contribution in [0.3, 0.4) is 0 Å². The topological polar surface area (TPSA) is 25.8 Å². The fraction of sp³-hybridized carbons (Fsp3) is 0.250. The van der Waals surface area contributed by atoms with E-state index in [1.54, 1.807) is 11.3 Å². The van der Waals surface area contributed by atoms with Crippen molar-refractivity contribution in [2.75, 3.05) is 0 Å². The first-order valence-electron chi connectivity index (χ1n) is 6.46. The van der Waals surface area contributed by atoms with Crippen molar-refractivity contribution >= 4 is 33.8 Å². The van der Waals surface area contributed by atoms with E-state index >= 15 is 0 Å². The van der Waals surface area contributed by atoms with Crippen LogP contribution < -0.4 is 0 Å². The number of hydrogen-bond donors (Lipinski definition) is 0. The van der Waals surface area contributed by atoms with Crippen molar-refractivity contribution < 1.29 is 0 Å². The van der Waals surface area contributed by atoms with Crippen LogP contribution in [0.4, 0.5) is 0 Å². The minimum Gasteiger partial charge on any atom is -0.245 e. The summed E-state index contributed by atoms with van der Waals surface area (Å²) in [6.07, 6.45) is 1.82. The molecule has 0 aliphatic carbocycles. The zero-order valence-electron chi connectivity index (χ0n) is 11.6. The molecule has 0 bridgehead atoms. The third-order valence-corrected chi connectivity index (χ3v) is 4.37. The maximum atomic E-state index is 6.31. The van der Waals surface area contributed by atoms with Crippen molar-refractivity contribution in [3.05, 3.63) is 46.6 Å². The van der Waals surface area contributed by atoms with Crippen molar-refractivity contribution in [1.29, 1.82) is 0 Å². The van der Waals surface area contributed by atoms with E-state index in [-0.39, 0.29) is 5.41 Å². The molecule has 2 heterocycles. The second-order valence-corrected chi connectivity index (χ2v) is 7.07. The Kier molecular flexibility index (Phi) is 3.27. The molecule has 0 saturated heterocycles. The predicted octanol–water partition coefficient (Wildman–Crippen LogP) is 5.31. The summed E-state index contributed by atoms with van der Waals surface area (Å²) in [5, 5.41) is 4.71. The molecule has 0 radical (unpaired) electrons. The standard InChI is InChI=1S/C16H15ClN2S/c1-16(2,3)12-9-11-8-10(15-18-6-7-20-15)4-5-13(11)19-14(12)17/h4-9H,1-3H3. The number of fused-ring (bicyclic) bond motifs is 1. The van der Waals surface area contributed by atoms with E-state index in [1.165, 1.54) is 0 Å². The molecule has 0 aliphatic rings. The molecule has 0 unspecified atom stereocenters. The van der Waals surface area contributed by atoms with Crippen molar-refractivity contribution in [2.24, 2.45) is 0 Å². The van der Waals surface area contributed by atoms with Gasteiger partial charge in [0.2, 0.25) is 0 Å². The summed E-state index contributed by atoms with van der Waals surface area (Å²) in [7, 11) is 0. The van der Waals surface area contributed by atoms with E-state index in [2.05, 4.69) is 42.9 Å². The van der Waals surface area contributed by atoms with Crippen LogP contribution in [0.5, 0.6) is 0 Å². The quantitative estimate of drug-likeness (QED) is 0.569. The lowest BCUT2D eigenvalue weighted by molar-refractivity contribution is 0.589. The molecule has 3 aromatic rings. The van der Waals surface area contributed by atoms with Crippen LogP contribution in [0.2, 0.25) is 5.15 Å². The zero-order chi connectivity index (χ0) is 14.3. The Morgan fingerprint density at radius 1 is 1.15 bits per heavy atom. The highest BCUT2D eigenvalue weighted by atomic mass is 35.5. The summed E-state index contributed by atoms with van der Waals surface area (Å²) in [6, 6.07) is 8.32. The maximum absolute atomic E-state index is 6.31. The Morgan fingerprint density at radius 3 is 2.60 bits per heavy atom. The second kappa shape index (κ2) is 4.83. The monoisotopic (exact) mass is 302 g/mol. The fourth-order valence-corrected chi connectivity index (χ4v) is 3.24. The Hall–Kier alpha value is -1.45. The molecule has 20 heavy (non-hydrogen) atoms. The van der Waals surface area contributed by atoms with Crippen molar-refractivity contribution in [2.45, 2.75) is 26.2 Å². The van der Waals surface area contributed by atoms with Crippen LogP contribution in [0.15, 0.2) is 35.8 Å². The lowest BCUT2D eigenvalue weighted by Crippen LogP contribution is -2.12. The minimum atomic E-state index is -0.0184. The molecule has 0 aliphatic heterocycles. The van der Waals surface area contributed by atoms with Gasteiger partial charge in [0.25, 0.3) is 0 Å². The lowest BCUT2D eigenvalue weighted by atomic mass is 9.87. The van der Waals surface area contributed by atoms with E-state index < -0.39 is 0 Å². The number of hydrogen-bond acceptors (Lipinski definition) is 3. The average Bonchev–Trinajstić information content (AvgIpc) is 2.90. The number of pyridine rings is 1. The molecule has 0 atom stereocenters. The summed E-state index contributed by atoms with van der Waals surface area (Å²) in [6.45, 7) is 6.44. The van der Waals surface area contributed by atoms with Gasteiger partial charge in [-0.15, -0.1) is 11.3 Å². The molecule has 4 heteroatoms. The third-order valence-electron chi connectivity index (χ3n) is 3.26. The highest BCUT2D eigenvalue weighted by Gasteiger charge is 2.19. The summed E-state index contributed by atoms with van der Waals surface area (Å²) in [5.74, 6) is 0. The summed E-state index contributed by atoms with van der Waals surface area (Å²) in [5.41, 5.74) is 3.10. The molecule has 2 aromatic heterocycles. The molecule has 2 nitrogen and oxygen atoms in total. The van der Waals surface area contributed by atoms with Gasteiger partial charge in [-0.1, -0.05) is 32.4 Å². The zero-order valence-corrected chi connectivity index (χ0v) is 13.2. The van der Waals surface area contributed by atoms with Gasteiger partial charge in [0.05, 0.1) is 5.52 Å². The summed E-state index contributed by atoms with van der Waals surface area (Å²) >= 11 is 7.95.